The van der Waals surface area contributed by atoms with E-state index in [0.717, 1.165) is 17.8 Å². The number of halogens is 1. The van der Waals surface area contributed by atoms with Crippen molar-refractivity contribution >= 4 is 56.0 Å². The van der Waals surface area contributed by atoms with Crippen molar-refractivity contribution in [3.8, 4) is 5.75 Å². The summed E-state index contributed by atoms with van der Waals surface area (Å²) >= 11 is 7.70. The molecule has 0 aliphatic carbocycles. The average molecular weight is 489 g/mol. The van der Waals surface area contributed by atoms with Crippen LogP contribution in [0.25, 0.3) is 16.3 Å². The number of non-ortho nitro benzene ring substituents is 1. The van der Waals surface area contributed by atoms with Crippen molar-refractivity contribution in [2.75, 3.05) is 38.2 Å². The Hall–Kier alpha value is -3.01. The molecule has 0 atom stereocenters. The Labute approximate surface area is 201 Å². The molecule has 10 heteroatoms. The van der Waals surface area contributed by atoms with Crippen LogP contribution in [-0.4, -0.2) is 54.0 Å². The van der Waals surface area contributed by atoms with Gasteiger partial charge in [-0.25, -0.2) is 4.98 Å². The number of ether oxygens (including phenoxy) is 1. The number of methoxy groups -OCH3 is 1. The highest BCUT2D eigenvalue weighted by Gasteiger charge is 2.21. The van der Waals surface area contributed by atoms with E-state index in [9.17, 15) is 14.9 Å². The first kappa shape index (κ1) is 24.6. The van der Waals surface area contributed by atoms with Gasteiger partial charge < -0.3 is 9.64 Å². The molecule has 1 heterocycles. The lowest BCUT2D eigenvalue weighted by Gasteiger charge is -2.23. The predicted octanol–water partition coefficient (Wildman–Crippen LogP) is 5.25. The molecule has 2 aromatic carbocycles. The van der Waals surface area contributed by atoms with Crippen LogP contribution in [0, 0.1) is 10.1 Å². The third-order valence-electron chi connectivity index (χ3n) is 5.20. The Bertz CT molecular complexity index is 1180. The SMILES string of the molecule is CCN(CC)CCN(C(=O)/C=C/c1cccc([N+](=O)[O-])c1)c1nc2c(OC)ccc(Cl)c2s1. The van der Waals surface area contributed by atoms with Crippen molar-refractivity contribution in [1.82, 2.24) is 9.88 Å². The summed E-state index contributed by atoms with van der Waals surface area (Å²) in [5.41, 5.74) is 1.14. The summed E-state index contributed by atoms with van der Waals surface area (Å²) in [5, 5.41) is 12.1. The fraction of sp³-hybridized carbons (Fsp3) is 0.304. The second kappa shape index (κ2) is 11.2. The number of fused-ring (bicyclic) bond motifs is 1. The van der Waals surface area contributed by atoms with Crippen molar-refractivity contribution in [2.45, 2.75) is 13.8 Å². The van der Waals surface area contributed by atoms with E-state index in [1.807, 2.05) is 0 Å². The monoisotopic (exact) mass is 488 g/mol. The van der Waals surface area contributed by atoms with Crippen molar-refractivity contribution in [2.24, 2.45) is 0 Å². The number of rotatable bonds is 10. The summed E-state index contributed by atoms with van der Waals surface area (Å²) in [6.45, 7) is 6.97. The number of likely N-dealkylation sites (N-methyl/N-ethyl adjacent to an activating group) is 1. The zero-order valence-corrected chi connectivity index (χ0v) is 20.2. The lowest BCUT2D eigenvalue weighted by atomic mass is 10.2. The van der Waals surface area contributed by atoms with Gasteiger partial charge in [0.15, 0.2) is 5.13 Å². The fourth-order valence-electron chi connectivity index (χ4n) is 3.30. The highest BCUT2D eigenvalue weighted by Crippen LogP contribution is 2.38. The van der Waals surface area contributed by atoms with Gasteiger partial charge in [0.25, 0.3) is 11.6 Å². The van der Waals surface area contributed by atoms with Gasteiger partial charge in [0.05, 0.1) is 21.8 Å². The molecule has 0 aliphatic rings. The van der Waals surface area contributed by atoms with Crippen molar-refractivity contribution < 1.29 is 14.5 Å². The molecule has 3 rings (SSSR count). The number of carbonyl (C=O) groups excluding carboxylic acids is 1. The summed E-state index contributed by atoms with van der Waals surface area (Å²) in [6, 6.07) is 9.62. The lowest BCUT2D eigenvalue weighted by Crippen LogP contribution is -2.38. The zero-order chi connectivity index (χ0) is 24.0. The second-order valence-corrected chi connectivity index (χ2v) is 8.51. The lowest BCUT2D eigenvalue weighted by molar-refractivity contribution is -0.384. The van der Waals surface area contributed by atoms with Gasteiger partial charge in [-0.2, -0.15) is 0 Å². The Morgan fingerprint density at radius 2 is 2.00 bits per heavy atom. The van der Waals surface area contributed by atoms with Crippen molar-refractivity contribution in [3.63, 3.8) is 0 Å². The Kier molecular flexibility index (Phi) is 8.37. The molecule has 0 radical (unpaired) electrons. The van der Waals surface area contributed by atoms with Gasteiger partial charge in [-0.05, 0) is 36.9 Å². The number of hydrogen-bond acceptors (Lipinski definition) is 7. The summed E-state index contributed by atoms with van der Waals surface area (Å²) in [6.07, 6.45) is 2.98. The van der Waals surface area contributed by atoms with Gasteiger partial charge >= 0.3 is 0 Å². The number of nitro benzene ring substituents is 1. The summed E-state index contributed by atoms with van der Waals surface area (Å²) in [5.74, 6) is 0.308. The zero-order valence-electron chi connectivity index (χ0n) is 18.7. The highest BCUT2D eigenvalue weighted by molar-refractivity contribution is 7.23. The number of benzene rings is 2. The van der Waals surface area contributed by atoms with Gasteiger partial charge in [0.1, 0.15) is 11.3 Å². The van der Waals surface area contributed by atoms with Gasteiger partial charge in [-0.15, -0.1) is 0 Å². The van der Waals surface area contributed by atoms with Crippen LogP contribution < -0.4 is 9.64 Å². The number of thiazole rings is 1. The van der Waals surface area contributed by atoms with Crippen molar-refractivity contribution in [1.29, 1.82) is 0 Å². The molecule has 0 fully saturated rings. The Morgan fingerprint density at radius 1 is 1.24 bits per heavy atom. The van der Waals surface area contributed by atoms with E-state index in [1.54, 1.807) is 42.4 Å². The maximum Gasteiger partial charge on any atom is 0.270 e. The van der Waals surface area contributed by atoms with Crippen LogP contribution in [0.2, 0.25) is 5.02 Å². The Morgan fingerprint density at radius 3 is 2.67 bits per heavy atom. The molecule has 1 aromatic heterocycles. The van der Waals surface area contributed by atoms with E-state index >= 15 is 0 Å². The molecule has 8 nitrogen and oxygen atoms in total. The number of carbonyl (C=O) groups is 1. The first-order valence-electron chi connectivity index (χ1n) is 10.5. The number of hydrogen-bond donors (Lipinski definition) is 0. The molecule has 0 unspecified atom stereocenters. The van der Waals surface area contributed by atoms with Crippen molar-refractivity contribution in [3.05, 3.63) is 63.2 Å². The molecule has 0 bridgehead atoms. The standard InChI is InChI=1S/C23H25ClN4O4S/c1-4-26(5-2)13-14-27(20(29)12-9-16-7-6-8-17(15-16)28(30)31)23-25-21-19(32-3)11-10-18(24)22(21)33-23/h6-12,15H,4-5,13-14H2,1-3H3/b12-9+. The normalized spacial score (nSPS) is 11.4. The van der Waals surface area contributed by atoms with E-state index in [4.69, 9.17) is 16.3 Å². The maximum atomic E-state index is 13.2. The van der Waals surface area contributed by atoms with Crippen LogP contribution >= 0.6 is 22.9 Å². The molecule has 0 N–H and O–H groups in total. The minimum Gasteiger partial charge on any atom is -0.494 e. The summed E-state index contributed by atoms with van der Waals surface area (Å²) < 4.78 is 6.15. The maximum absolute atomic E-state index is 13.2. The van der Waals surface area contributed by atoms with Gasteiger partial charge in [-0.3, -0.25) is 19.8 Å². The summed E-state index contributed by atoms with van der Waals surface area (Å²) in [4.78, 5) is 32.3. The molecule has 0 aliphatic heterocycles. The molecule has 3 aromatic rings. The van der Waals surface area contributed by atoms with Crippen LogP contribution in [0.15, 0.2) is 42.5 Å². The molecule has 1 amide bonds. The van der Waals surface area contributed by atoms with Crippen LogP contribution in [0.3, 0.4) is 0 Å². The first-order chi connectivity index (χ1) is 15.9. The number of nitrogens with zero attached hydrogens (tertiary/aromatic N) is 4. The first-order valence-corrected chi connectivity index (χ1v) is 11.7. The minimum atomic E-state index is -0.464. The quantitative estimate of drug-likeness (QED) is 0.220. The molecular formula is C23H25ClN4O4S. The van der Waals surface area contributed by atoms with Gasteiger partial charge in [0.2, 0.25) is 0 Å². The van der Waals surface area contributed by atoms with E-state index in [0.29, 0.717) is 40.1 Å². The molecule has 0 saturated heterocycles. The largest absolute Gasteiger partial charge is 0.494 e. The second-order valence-electron chi connectivity index (χ2n) is 7.13. The van der Waals surface area contributed by atoms with Gasteiger partial charge in [0, 0.05) is 31.3 Å². The van der Waals surface area contributed by atoms with Crippen LogP contribution in [-0.2, 0) is 4.79 Å². The highest BCUT2D eigenvalue weighted by atomic mass is 35.5. The number of nitro groups is 1. The minimum absolute atomic E-state index is 0.0316. The molecule has 33 heavy (non-hydrogen) atoms. The molecule has 0 spiro atoms. The third-order valence-corrected chi connectivity index (χ3v) is 6.74. The smallest absolute Gasteiger partial charge is 0.270 e. The third kappa shape index (κ3) is 5.87. The van der Waals surface area contributed by atoms with Gasteiger partial charge in [-0.1, -0.05) is 48.9 Å². The van der Waals surface area contributed by atoms with E-state index in [2.05, 4.69) is 23.7 Å². The fourth-order valence-corrected chi connectivity index (χ4v) is 4.59. The van der Waals surface area contributed by atoms with E-state index in [-0.39, 0.29) is 11.6 Å². The van der Waals surface area contributed by atoms with Crippen LogP contribution in [0.1, 0.15) is 19.4 Å². The number of aromatic nitrogens is 1. The van der Waals surface area contributed by atoms with E-state index in [1.165, 1.54) is 29.5 Å². The average Bonchev–Trinajstić information content (AvgIpc) is 3.27. The van der Waals surface area contributed by atoms with E-state index < -0.39 is 4.92 Å². The molecule has 174 valence electrons. The topological polar surface area (TPSA) is 88.8 Å². The molecular weight excluding hydrogens is 464 g/mol. The Balaban J connectivity index is 1.95. The number of anilines is 1. The molecule has 0 saturated carbocycles. The number of amides is 1. The van der Waals surface area contributed by atoms with Crippen LogP contribution in [0.5, 0.6) is 5.75 Å². The predicted molar refractivity (Wildman–Crippen MR) is 133 cm³/mol. The summed E-state index contributed by atoms with van der Waals surface area (Å²) in [7, 11) is 1.56. The van der Waals surface area contributed by atoms with Crippen LogP contribution in [0.4, 0.5) is 10.8 Å².